The van der Waals surface area contributed by atoms with Gasteiger partial charge >= 0.3 is 0 Å². The lowest BCUT2D eigenvalue weighted by atomic mass is 10.1. The van der Waals surface area contributed by atoms with Gasteiger partial charge in [0.25, 0.3) is 0 Å². The maximum Gasteiger partial charge on any atom is 0.129 e. The zero-order chi connectivity index (χ0) is 13.8. The van der Waals surface area contributed by atoms with Crippen molar-refractivity contribution in [2.45, 2.75) is 36.7 Å². The molecule has 3 unspecified atom stereocenters. The van der Waals surface area contributed by atoms with Gasteiger partial charge in [-0.05, 0) is 43.7 Å². The van der Waals surface area contributed by atoms with Crippen molar-refractivity contribution in [3.63, 3.8) is 0 Å². The van der Waals surface area contributed by atoms with Gasteiger partial charge in [-0.15, -0.1) is 0 Å². The number of halogens is 2. The molecule has 1 fully saturated rings. The molecule has 1 saturated carbocycles. The van der Waals surface area contributed by atoms with Gasteiger partial charge < -0.3 is 10.4 Å². The highest BCUT2D eigenvalue weighted by Gasteiger charge is 2.24. The van der Waals surface area contributed by atoms with Crippen LogP contribution in [0.3, 0.4) is 0 Å². The monoisotopic (exact) mass is 287 g/mol. The number of hydrogen-bond acceptors (Lipinski definition) is 3. The molecule has 0 spiro atoms. The Morgan fingerprint density at radius 3 is 2.89 bits per heavy atom. The standard InChI is InChI=1S/C14H19F2NOS/c1-19-11-4-3-10(7-11)17-8-14(18)12-6-9(15)2-5-13(12)16/h2,5-6,10-11,14,17-18H,3-4,7-8H2,1H3. The van der Waals surface area contributed by atoms with Crippen LogP contribution in [0.5, 0.6) is 0 Å². The molecule has 0 aromatic heterocycles. The van der Waals surface area contributed by atoms with E-state index in [2.05, 4.69) is 11.6 Å². The van der Waals surface area contributed by atoms with E-state index in [4.69, 9.17) is 0 Å². The molecular formula is C14H19F2NOS. The third-order valence-electron chi connectivity index (χ3n) is 3.63. The van der Waals surface area contributed by atoms with E-state index < -0.39 is 17.7 Å². The summed E-state index contributed by atoms with van der Waals surface area (Å²) in [5.41, 5.74) is 0.0203. The second-order valence-electron chi connectivity index (χ2n) is 4.96. The van der Waals surface area contributed by atoms with Gasteiger partial charge in [0.2, 0.25) is 0 Å². The molecule has 2 nitrogen and oxygen atoms in total. The molecule has 1 aliphatic rings. The summed E-state index contributed by atoms with van der Waals surface area (Å²) in [7, 11) is 0. The fourth-order valence-electron chi connectivity index (χ4n) is 2.50. The molecule has 2 rings (SSSR count). The van der Waals surface area contributed by atoms with Crippen LogP contribution in [0, 0.1) is 11.6 Å². The summed E-state index contributed by atoms with van der Waals surface area (Å²) in [4.78, 5) is 0. The molecule has 1 aromatic carbocycles. The molecule has 0 amide bonds. The Morgan fingerprint density at radius 2 is 2.21 bits per heavy atom. The number of hydrogen-bond donors (Lipinski definition) is 2. The number of thioether (sulfide) groups is 1. The van der Waals surface area contributed by atoms with Crippen LogP contribution in [0.15, 0.2) is 18.2 Å². The predicted octanol–water partition coefficient (Wildman–Crippen LogP) is 2.87. The lowest BCUT2D eigenvalue weighted by Gasteiger charge is -2.17. The second-order valence-corrected chi connectivity index (χ2v) is 6.10. The Hall–Kier alpha value is -0.650. The topological polar surface area (TPSA) is 32.3 Å². The lowest BCUT2D eigenvalue weighted by molar-refractivity contribution is 0.165. The molecule has 0 saturated heterocycles. The Morgan fingerprint density at radius 1 is 1.42 bits per heavy atom. The lowest BCUT2D eigenvalue weighted by Crippen LogP contribution is -2.31. The van der Waals surface area contributed by atoms with Gasteiger partial charge in [0.15, 0.2) is 0 Å². The van der Waals surface area contributed by atoms with Gasteiger partial charge in [-0.2, -0.15) is 11.8 Å². The van der Waals surface area contributed by atoms with Crippen LogP contribution in [-0.2, 0) is 0 Å². The van der Waals surface area contributed by atoms with E-state index in [1.54, 1.807) is 0 Å². The molecule has 0 aliphatic heterocycles. The first-order valence-electron chi connectivity index (χ1n) is 6.49. The van der Waals surface area contributed by atoms with Crippen molar-refractivity contribution in [1.82, 2.24) is 5.32 Å². The van der Waals surface area contributed by atoms with E-state index in [-0.39, 0.29) is 12.1 Å². The number of rotatable bonds is 5. The molecule has 0 bridgehead atoms. The van der Waals surface area contributed by atoms with Gasteiger partial charge in [0, 0.05) is 23.4 Å². The van der Waals surface area contributed by atoms with E-state index in [1.165, 1.54) is 6.42 Å². The fourth-order valence-corrected chi connectivity index (χ4v) is 3.29. The van der Waals surface area contributed by atoms with Crippen LogP contribution in [0.4, 0.5) is 8.78 Å². The van der Waals surface area contributed by atoms with Crippen molar-refractivity contribution < 1.29 is 13.9 Å². The molecular weight excluding hydrogens is 268 g/mol. The van der Waals surface area contributed by atoms with E-state index in [9.17, 15) is 13.9 Å². The Labute approximate surface area is 116 Å². The summed E-state index contributed by atoms with van der Waals surface area (Å²) < 4.78 is 26.5. The minimum absolute atomic E-state index is 0.0203. The number of nitrogens with one attached hydrogen (secondary N) is 1. The average Bonchev–Trinajstić information content (AvgIpc) is 2.87. The molecule has 1 aromatic rings. The summed E-state index contributed by atoms with van der Waals surface area (Å²) in [5.74, 6) is -1.09. The van der Waals surface area contributed by atoms with Crippen LogP contribution < -0.4 is 5.32 Å². The van der Waals surface area contributed by atoms with Crippen LogP contribution in [0.25, 0.3) is 0 Å². The first-order valence-corrected chi connectivity index (χ1v) is 7.78. The van der Waals surface area contributed by atoms with E-state index in [1.807, 2.05) is 11.8 Å². The minimum atomic E-state index is -1.01. The van der Waals surface area contributed by atoms with Gasteiger partial charge in [-0.1, -0.05) is 0 Å². The third-order valence-corrected chi connectivity index (χ3v) is 4.73. The van der Waals surface area contributed by atoms with E-state index in [0.717, 1.165) is 31.0 Å². The molecule has 3 atom stereocenters. The van der Waals surface area contributed by atoms with Crippen molar-refractivity contribution in [2.75, 3.05) is 12.8 Å². The molecule has 2 N–H and O–H groups in total. The van der Waals surface area contributed by atoms with Crippen LogP contribution in [-0.4, -0.2) is 29.2 Å². The smallest absolute Gasteiger partial charge is 0.129 e. The molecule has 1 aliphatic carbocycles. The molecule has 0 heterocycles. The summed E-state index contributed by atoms with van der Waals surface area (Å²) in [6.45, 7) is 0.256. The van der Waals surface area contributed by atoms with Gasteiger partial charge in [0.05, 0.1) is 6.10 Å². The highest BCUT2D eigenvalue weighted by Crippen LogP contribution is 2.28. The SMILES string of the molecule is CSC1CCC(NCC(O)c2cc(F)ccc2F)C1. The second kappa shape index (κ2) is 6.68. The Bertz CT molecular complexity index is 430. The largest absolute Gasteiger partial charge is 0.387 e. The first kappa shape index (κ1) is 14.8. The van der Waals surface area contributed by atoms with Gasteiger partial charge in [-0.25, -0.2) is 8.78 Å². The number of aliphatic hydroxyl groups excluding tert-OH is 1. The van der Waals surface area contributed by atoms with Crippen molar-refractivity contribution >= 4 is 11.8 Å². The van der Waals surface area contributed by atoms with Crippen LogP contribution in [0.1, 0.15) is 30.9 Å². The molecule has 0 radical (unpaired) electrons. The van der Waals surface area contributed by atoms with E-state index in [0.29, 0.717) is 11.3 Å². The quantitative estimate of drug-likeness (QED) is 0.873. The minimum Gasteiger partial charge on any atom is -0.387 e. The Kier molecular flexibility index (Phi) is 5.19. The molecule has 106 valence electrons. The van der Waals surface area contributed by atoms with Crippen LogP contribution in [0.2, 0.25) is 0 Å². The maximum absolute atomic E-state index is 13.5. The first-order chi connectivity index (χ1) is 9.10. The Balaban J connectivity index is 1.87. The van der Waals surface area contributed by atoms with Gasteiger partial charge in [-0.3, -0.25) is 0 Å². The maximum atomic E-state index is 13.5. The zero-order valence-corrected chi connectivity index (χ0v) is 11.7. The summed E-state index contributed by atoms with van der Waals surface area (Å²) >= 11 is 1.86. The van der Waals surface area contributed by atoms with Crippen molar-refractivity contribution in [2.24, 2.45) is 0 Å². The third kappa shape index (κ3) is 3.91. The summed E-state index contributed by atoms with van der Waals surface area (Å²) in [6.07, 6.45) is 4.40. The number of benzene rings is 1. The van der Waals surface area contributed by atoms with Gasteiger partial charge in [0.1, 0.15) is 11.6 Å². The molecule has 5 heteroatoms. The summed E-state index contributed by atoms with van der Waals surface area (Å²) in [5, 5.41) is 13.8. The highest BCUT2D eigenvalue weighted by atomic mass is 32.2. The fraction of sp³-hybridized carbons (Fsp3) is 0.571. The van der Waals surface area contributed by atoms with Crippen molar-refractivity contribution in [3.8, 4) is 0 Å². The average molecular weight is 287 g/mol. The van der Waals surface area contributed by atoms with E-state index >= 15 is 0 Å². The summed E-state index contributed by atoms with van der Waals surface area (Å²) in [6, 6.07) is 3.52. The van der Waals surface area contributed by atoms with Crippen LogP contribution >= 0.6 is 11.8 Å². The predicted molar refractivity (Wildman–Crippen MR) is 74.3 cm³/mol. The highest BCUT2D eigenvalue weighted by molar-refractivity contribution is 7.99. The van der Waals surface area contributed by atoms with Crippen molar-refractivity contribution in [3.05, 3.63) is 35.4 Å². The number of aliphatic hydroxyl groups is 1. The normalized spacial score (nSPS) is 24.6. The molecule has 19 heavy (non-hydrogen) atoms. The zero-order valence-electron chi connectivity index (χ0n) is 10.9. The van der Waals surface area contributed by atoms with Crippen molar-refractivity contribution in [1.29, 1.82) is 0 Å².